The Kier molecular flexibility index (Phi) is 12.8. The molecule has 2 heteroatoms. The predicted octanol–water partition coefficient (Wildman–Crippen LogP) is 13.8. The average molecular weight is 697 g/mol. The van der Waals surface area contributed by atoms with Crippen LogP contribution in [0.25, 0.3) is 34.4 Å². The Balaban J connectivity index is 1.35. The lowest BCUT2D eigenvalue weighted by atomic mass is 9.90. The first-order valence-corrected chi connectivity index (χ1v) is 19.1. The molecular weight excluding hydrogens is 645 g/mol. The Morgan fingerprint density at radius 3 is 1.66 bits per heavy atom. The highest BCUT2D eigenvalue weighted by Crippen LogP contribution is 2.37. The van der Waals surface area contributed by atoms with Crippen LogP contribution in [0.15, 0.2) is 146 Å². The fraction of sp³-hybridized carbons (Fsp3) is 0.216. The minimum absolute atomic E-state index is 0.569. The molecule has 6 aromatic rings. The van der Waals surface area contributed by atoms with Crippen LogP contribution >= 0.6 is 0 Å². The van der Waals surface area contributed by atoms with E-state index in [-0.39, 0.29) is 0 Å². The lowest BCUT2D eigenvalue weighted by Crippen LogP contribution is -2.12. The van der Waals surface area contributed by atoms with E-state index in [2.05, 4.69) is 185 Å². The van der Waals surface area contributed by atoms with Crippen molar-refractivity contribution in [2.45, 2.75) is 53.4 Å². The summed E-state index contributed by atoms with van der Waals surface area (Å²) in [6.07, 6.45) is 9.39. The summed E-state index contributed by atoms with van der Waals surface area (Å²) in [5, 5.41) is 0. The second-order valence-electron chi connectivity index (χ2n) is 14.0. The van der Waals surface area contributed by atoms with E-state index >= 15 is 0 Å². The summed E-state index contributed by atoms with van der Waals surface area (Å²) in [5.74, 6) is 2.35. The summed E-state index contributed by atoms with van der Waals surface area (Å²) < 4.78 is 12.3. The van der Waals surface area contributed by atoms with Crippen LogP contribution in [0.3, 0.4) is 0 Å². The Bertz CT molecular complexity index is 2120. The Hall–Kier alpha value is -5.60. The van der Waals surface area contributed by atoms with E-state index in [0.717, 1.165) is 52.3 Å². The van der Waals surface area contributed by atoms with Crippen molar-refractivity contribution in [1.29, 1.82) is 0 Å². The molecule has 0 aliphatic rings. The maximum Gasteiger partial charge on any atom is 0.127 e. The number of aryl methyl sites for hydroxylation is 2. The van der Waals surface area contributed by atoms with Gasteiger partial charge in [0.15, 0.2) is 0 Å². The van der Waals surface area contributed by atoms with Crippen molar-refractivity contribution in [3.8, 4) is 22.6 Å². The van der Waals surface area contributed by atoms with Gasteiger partial charge in [0.2, 0.25) is 0 Å². The quantitative estimate of drug-likeness (QED) is 0.0995. The van der Waals surface area contributed by atoms with Gasteiger partial charge in [-0.3, -0.25) is 0 Å². The molecule has 0 saturated carbocycles. The molecule has 1 atom stereocenters. The van der Waals surface area contributed by atoms with Gasteiger partial charge in [-0.05, 0) is 112 Å². The van der Waals surface area contributed by atoms with E-state index in [0.29, 0.717) is 5.92 Å². The zero-order valence-electron chi connectivity index (χ0n) is 31.9. The molecule has 53 heavy (non-hydrogen) atoms. The molecule has 0 aromatic heterocycles. The van der Waals surface area contributed by atoms with Gasteiger partial charge in [0.1, 0.15) is 11.5 Å². The van der Waals surface area contributed by atoms with Gasteiger partial charge in [-0.1, -0.05) is 166 Å². The first-order valence-electron chi connectivity index (χ1n) is 19.1. The van der Waals surface area contributed by atoms with Crippen molar-refractivity contribution >= 4 is 23.3 Å². The van der Waals surface area contributed by atoms with E-state index in [4.69, 9.17) is 9.47 Å². The number of unbranched alkanes of at least 4 members (excludes halogenated alkanes) is 1. The van der Waals surface area contributed by atoms with Crippen LogP contribution in [-0.2, 0) is 0 Å². The van der Waals surface area contributed by atoms with Gasteiger partial charge >= 0.3 is 0 Å². The molecule has 0 saturated heterocycles. The van der Waals surface area contributed by atoms with Crippen LogP contribution in [0.1, 0.15) is 84.0 Å². The van der Waals surface area contributed by atoms with Crippen LogP contribution in [0, 0.1) is 19.8 Å². The fourth-order valence-electron chi connectivity index (χ4n) is 6.83. The van der Waals surface area contributed by atoms with Crippen LogP contribution in [-0.4, -0.2) is 13.7 Å². The lowest BCUT2D eigenvalue weighted by Gasteiger charge is -2.19. The fourth-order valence-corrected chi connectivity index (χ4v) is 6.83. The molecule has 0 spiro atoms. The molecule has 0 aliphatic heterocycles. The molecule has 0 heterocycles. The first-order chi connectivity index (χ1) is 25.9. The second kappa shape index (κ2) is 18.2. The number of methoxy groups -OCH3 is 1. The predicted molar refractivity (Wildman–Crippen MR) is 226 cm³/mol. The van der Waals surface area contributed by atoms with Gasteiger partial charge < -0.3 is 9.47 Å². The van der Waals surface area contributed by atoms with E-state index in [9.17, 15) is 0 Å². The minimum Gasteiger partial charge on any atom is -0.496 e. The Labute approximate surface area is 317 Å². The van der Waals surface area contributed by atoms with E-state index in [1.165, 1.54) is 58.2 Å². The number of hydrogen-bond acceptors (Lipinski definition) is 2. The molecule has 6 rings (SSSR count). The number of benzene rings is 6. The zero-order chi connectivity index (χ0) is 37.0. The molecule has 268 valence electrons. The number of rotatable bonds is 15. The molecule has 0 aliphatic carbocycles. The van der Waals surface area contributed by atoms with E-state index < -0.39 is 0 Å². The van der Waals surface area contributed by atoms with E-state index in [1.54, 1.807) is 7.11 Å². The standard InChI is InChI=1S/C51H52O2/c1-6-8-16-39(7-2)36-53-50-35-49(51(52-5)31-38(50)4)44-29-27-41(28-30-44)33-48(43-19-13-10-14-20-43)46-22-15-21-45(34-46)47(42-17-11-9-12-18-42)32-40-25-23-37(3)24-26-40/h9-15,17-35,39H,6-8,16,36H2,1-5H3/b47-32+,48-33+. The summed E-state index contributed by atoms with van der Waals surface area (Å²) >= 11 is 0. The van der Waals surface area contributed by atoms with Crippen LogP contribution in [0.2, 0.25) is 0 Å². The molecule has 0 bridgehead atoms. The van der Waals surface area contributed by atoms with Gasteiger partial charge in [-0.25, -0.2) is 0 Å². The maximum absolute atomic E-state index is 6.45. The number of hydrogen-bond donors (Lipinski definition) is 0. The lowest BCUT2D eigenvalue weighted by molar-refractivity contribution is 0.232. The van der Waals surface area contributed by atoms with Crippen LogP contribution in [0.4, 0.5) is 0 Å². The number of ether oxygens (including phenoxy) is 2. The molecule has 0 N–H and O–H groups in total. The van der Waals surface area contributed by atoms with Gasteiger partial charge in [0.05, 0.1) is 13.7 Å². The highest BCUT2D eigenvalue weighted by Gasteiger charge is 2.15. The topological polar surface area (TPSA) is 18.5 Å². The molecule has 0 amide bonds. The molecule has 0 radical (unpaired) electrons. The third kappa shape index (κ3) is 9.64. The SMILES string of the molecule is CCCCC(CC)COc1cc(-c2ccc(/C=C(\c3ccccc3)c3cccc(/C(=C/c4ccc(C)cc4)c4ccccc4)c3)cc2)c(OC)cc1C. The first kappa shape index (κ1) is 37.2. The summed E-state index contributed by atoms with van der Waals surface area (Å²) in [5.41, 5.74) is 13.8. The average Bonchev–Trinajstić information content (AvgIpc) is 3.21. The van der Waals surface area contributed by atoms with Crippen molar-refractivity contribution < 1.29 is 9.47 Å². The summed E-state index contributed by atoms with van der Waals surface area (Å²) in [4.78, 5) is 0. The third-order valence-electron chi connectivity index (χ3n) is 10.1. The third-order valence-corrected chi connectivity index (χ3v) is 10.1. The van der Waals surface area contributed by atoms with Crippen molar-refractivity contribution in [2.24, 2.45) is 5.92 Å². The van der Waals surface area contributed by atoms with Crippen molar-refractivity contribution in [3.05, 3.63) is 190 Å². The monoisotopic (exact) mass is 696 g/mol. The van der Waals surface area contributed by atoms with Gasteiger partial charge in [-0.15, -0.1) is 0 Å². The summed E-state index contributed by atoms with van der Waals surface area (Å²) in [6, 6.07) is 52.0. The van der Waals surface area contributed by atoms with Crippen LogP contribution < -0.4 is 9.47 Å². The highest BCUT2D eigenvalue weighted by atomic mass is 16.5. The molecule has 6 aromatic carbocycles. The van der Waals surface area contributed by atoms with Crippen molar-refractivity contribution in [3.63, 3.8) is 0 Å². The second-order valence-corrected chi connectivity index (χ2v) is 14.0. The van der Waals surface area contributed by atoms with Crippen LogP contribution in [0.5, 0.6) is 11.5 Å². The van der Waals surface area contributed by atoms with Gasteiger partial charge in [0, 0.05) is 5.56 Å². The normalized spacial score (nSPS) is 12.4. The van der Waals surface area contributed by atoms with Gasteiger partial charge in [-0.2, -0.15) is 0 Å². The summed E-state index contributed by atoms with van der Waals surface area (Å²) in [7, 11) is 1.74. The zero-order valence-corrected chi connectivity index (χ0v) is 31.9. The largest absolute Gasteiger partial charge is 0.496 e. The molecular formula is C51H52O2. The maximum atomic E-state index is 6.45. The van der Waals surface area contributed by atoms with Gasteiger partial charge in [0.25, 0.3) is 0 Å². The van der Waals surface area contributed by atoms with E-state index in [1.807, 2.05) is 0 Å². The van der Waals surface area contributed by atoms with Crippen molar-refractivity contribution in [2.75, 3.05) is 13.7 Å². The highest BCUT2D eigenvalue weighted by molar-refractivity contribution is 5.95. The minimum atomic E-state index is 0.569. The Morgan fingerprint density at radius 1 is 0.585 bits per heavy atom. The molecule has 0 fully saturated rings. The van der Waals surface area contributed by atoms with Crippen molar-refractivity contribution in [1.82, 2.24) is 0 Å². The Morgan fingerprint density at radius 2 is 1.13 bits per heavy atom. The smallest absolute Gasteiger partial charge is 0.127 e. The molecule has 1 unspecified atom stereocenters. The molecule has 2 nitrogen and oxygen atoms in total. The summed E-state index contributed by atoms with van der Waals surface area (Å²) in [6.45, 7) is 9.48.